The summed E-state index contributed by atoms with van der Waals surface area (Å²) in [7, 11) is 1.67. The molecule has 25 heavy (non-hydrogen) atoms. The number of carbonyl (C=O) groups is 1. The summed E-state index contributed by atoms with van der Waals surface area (Å²) in [5, 5.41) is 14.0. The molecule has 0 fully saturated rings. The zero-order chi connectivity index (χ0) is 18.1. The summed E-state index contributed by atoms with van der Waals surface area (Å²) < 4.78 is 6.92. The predicted molar refractivity (Wildman–Crippen MR) is 98.4 cm³/mol. The number of phenols is 1. The molecule has 6 nitrogen and oxygen atoms in total. The van der Waals surface area contributed by atoms with Crippen molar-refractivity contribution in [1.82, 2.24) is 14.7 Å². The highest BCUT2D eigenvalue weighted by molar-refractivity contribution is 5.67. The van der Waals surface area contributed by atoms with Crippen molar-refractivity contribution < 1.29 is 14.6 Å². The van der Waals surface area contributed by atoms with E-state index >= 15 is 0 Å². The molecule has 1 N–H and O–H groups in total. The number of phenolic OH excluding ortho intramolecular Hbond substituents is 1. The highest BCUT2D eigenvalue weighted by Gasteiger charge is 2.08. The maximum Gasteiger partial charge on any atom is 0.121 e. The first-order valence-corrected chi connectivity index (χ1v) is 8.30. The van der Waals surface area contributed by atoms with Gasteiger partial charge in [-0.15, -0.1) is 0 Å². The minimum atomic E-state index is 0.240. The number of aromatic hydroxyl groups is 1. The molecule has 0 saturated carbocycles. The van der Waals surface area contributed by atoms with Crippen LogP contribution >= 0.6 is 0 Å². The normalized spacial score (nSPS) is 11.5. The number of rotatable bonds is 10. The minimum absolute atomic E-state index is 0.240. The van der Waals surface area contributed by atoms with Gasteiger partial charge in [0, 0.05) is 50.6 Å². The van der Waals surface area contributed by atoms with E-state index in [0.29, 0.717) is 19.6 Å². The van der Waals surface area contributed by atoms with Crippen molar-refractivity contribution in [2.45, 2.75) is 13.3 Å². The Balaban J connectivity index is 2.04. The third-order valence-electron chi connectivity index (χ3n) is 3.99. The molecule has 134 valence electrons. The number of hydrogen-bond donors (Lipinski definition) is 1. The highest BCUT2D eigenvalue weighted by atomic mass is 16.5. The van der Waals surface area contributed by atoms with E-state index in [-0.39, 0.29) is 5.75 Å². The van der Waals surface area contributed by atoms with Gasteiger partial charge in [-0.3, -0.25) is 4.90 Å². The first-order chi connectivity index (χ1) is 12.2. The molecule has 1 aromatic heterocycles. The second kappa shape index (κ2) is 9.76. The lowest BCUT2D eigenvalue weighted by molar-refractivity contribution is -0.108. The van der Waals surface area contributed by atoms with E-state index in [9.17, 15) is 9.90 Å². The molecule has 0 spiro atoms. The van der Waals surface area contributed by atoms with Gasteiger partial charge in [-0.2, -0.15) is 5.10 Å². The topological polar surface area (TPSA) is 67.6 Å². The van der Waals surface area contributed by atoms with Crippen LogP contribution < -0.4 is 0 Å². The Morgan fingerprint density at radius 1 is 1.36 bits per heavy atom. The molecule has 1 heterocycles. The lowest BCUT2D eigenvalue weighted by atomic mass is 10.1. The summed E-state index contributed by atoms with van der Waals surface area (Å²) in [6.45, 7) is 4.84. The van der Waals surface area contributed by atoms with Gasteiger partial charge in [-0.1, -0.05) is 18.2 Å². The molecule has 0 unspecified atom stereocenters. The molecule has 0 saturated heterocycles. The van der Waals surface area contributed by atoms with Crippen molar-refractivity contribution in [2.24, 2.45) is 0 Å². The highest BCUT2D eigenvalue weighted by Crippen LogP contribution is 2.25. The summed E-state index contributed by atoms with van der Waals surface area (Å²) in [4.78, 5) is 12.7. The summed E-state index contributed by atoms with van der Waals surface area (Å²) in [6.07, 6.45) is 7.18. The van der Waals surface area contributed by atoms with Crippen LogP contribution in [0, 0.1) is 6.92 Å². The summed E-state index contributed by atoms with van der Waals surface area (Å²) >= 11 is 0. The van der Waals surface area contributed by atoms with E-state index in [4.69, 9.17) is 4.74 Å². The summed E-state index contributed by atoms with van der Waals surface area (Å²) in [5.41, 5.74) is 2.92. The van der Waals surface area contributed by atoms with Gasteiger partial charge in [0.05, 0.1) is 12.8 Å². The third kappa shape index (κ3) is 5.55. The maximum atomic E-state index is 10.6. The number of carbonyl (C=O) groups excluding carboxylic acids is 1. The predicted octanol–water partition coefficient (Wildman–Crippen LogP) is 2.57. The Kier molecular flexibility index (Phi) is 7.37. The minimum Gasteiger partial charge on any atom is -0.508 e. The van der Waals surface area contributed by atoms with E-state index in [1.54, 1.807) is 25.4 Å². The van der Waals surface area contributed by atoms with Crippen molar-refractivity contribution >= 4 is 12.5 Å². The smallest absolute Gasteiger partial charge is 0.121 e. The largest absolute Gasteiger partial charge is 0.508 e. The summed E-state index contributed by atoms with van der Waals surface area (Å²) in [6, 6.07) is 7.14. The zero-order valence-corrected chi connectivity index (χ0v) is 14.8. The van der Waals surface area contributed by atoms with Crippen LogP contribution in [-0.2, 0) is 9.53 Å². The van der Waals surface area contributed by atoms with Crippen LogP contribution in [0.3, 0.4) is 0 Å². The Morgan fingerprint density at radius 2 is 2.20 bits per heavy atom. The number of aromatic nitrogens is 2. The van der Waals surface area contributed by atoms with Gasteiger partial charge < -0.3 is 14.6 Å². The molecule has 0 radical (unpaired) electrons. The average molecular weight is 343 g/mol. The van der Waals surface area contributed by atoms with Crippen LogP contribution in [0.5, 0.6) is 5.75 Å². The third-order valence-corrected chi connectivity index (χ3v) is 3.99. The lowest BCUT2D eigenvalue weighted by Crippen LogP contribution is -2.29. The first-order valence-electron chi connectivity index (χ1n) is 8.30. The number of ether oxygens (including phenoxy) is 1. The summed E-state index contributed by atoms with van der Waals surface area (Å²) in [5.74, 6) is 0.240. The molecule has 0 bridgehead atoms. The van der Waals surface area contributed by atoms with Gasteiger partial charge in [0.15, 0.2) is 0 Å². The van der Waals surface area contributed by atoms with Gasteiger partial charge in [0.2, 0.25) is 0 Å². The molecular weight excluding hydrogens is 318 g/mol. The second-order valence-corrected chi connectivity index (χ2v) is 5.77. The lowest BCUT2D eigenvalue weighted by Gasteiger charge is -2.18. The first kappa shape index (κ1) is 18.9. The Bertz CT molecular complexity index is 710. The van der Waals surface area contributed by atoms with Crippen LogP contribution in [0.15, 0.2) is 36.5 Å². The number of methoxy groups -OCH3 is 1. The Labute approximate surface area is 148 Å². The SMILES string of the molecule is COCCN(C/C=C\n1ncc(-c2cccc(O)c2)c1C)CCC=O. The molecule has 0 aliphatic heterocycles. The van der Waals surface area contributed by atoms with Crippen LogP contribution in [0.1, 0.15) is 12.1 Å². The van der Waals surface area contributed by atoms with E-state index in [0.717, 1.165) is 36.2 Å². The fourth-order valence-corrected chi connectivity index (χ4v) is 2.58. The van der Waals surface area contributed by atoms with E-state index < -0.39 is 0 Å². The molecule has 0 atom stereocenters. The fraction of sp³-hybridized carbons (Fsp3) is 0.368. The number of nitrogens with zero attached hydrogens (tertiary/aromatic N) is 3. The van der Waals surface area contributed by atoms with Gasteiger partial charge in [0.25, 0.3) is 0 Å². The van der Waals surface area contributed by atoms with Crippen LogP contribution in [0.4, 0.5) is 0 Å². The molecule has 0 aliphatic rings. The van der Waals surface area contributed by atoms with Crippen molar-refractivity contribution in [3.63, 3.8) is 0 Å². The second-order valence-electron chi connectivity index (χ2n) is 5.77. The van der Waals surface area contributed by atoms with Crippen LogP contribution in [0.25, 0.3) is 17.3 Å². The quantitative estimate of drug-likeness (QED) is 0.672. The van der Waals surface area contributed by atoms with Crippen molar-refractivity contribution in [2.75, 3.05) is 33.4 Å². The van der Waals surface area contributed by atoms with Crippen molar-refractivity contribution in [3.05, 3.63) is 42.2 Å². The molecule has 1 aromatic carbocycles. The number of aldehydes is 1. The van der Waals surface area contributed by atoms with Gasteiger partial charge in [0.1, 0.15) is 12.0 Å². The standard InChI is InChI=1S/C19H25N3O3/c1-16-19(17-6-3-7-18(24)14-17)15-20-22(16)10-4-8-21(9-5-12-23)11-13-25-2/h3-4,6-7,10,12,14-15,24H,5,8-9,11,13H2,1-2H3/b10-4-. The Morgan fingerprint density at radius 3 is 2.92 bits per heavy atom. The van der Waals surface area contributed by atoms with E-state index in [1.165, 1.54) is 0 Å². The van der Waals surface area contributed by atoms with Crippen LogP contribution in [0.2, 0.25) is 0 Å². The van der Waals surface area contributed by atoms with Crippen LogP contribution in [-0.4, -0.2) is 59.4 Å². The molecule has 0 aliphatic carbocycles. The molecule has 0 amide bonds. The number of hydrogen-bond acceptors (Lipinski definition) is 5. The average Bonchev–Trinajstić information content (AvgIpc) is 2.97. The van der Waals surface area contributed by atoms with Gasteiger partial charge in [-0.25, -0.2) is 4.68 Å². The van der Waals surface area contributed by atoms with E-state index in [1.807, 2.05) is 36.0 Å². The molecule has 2 aromatic rings. The Hall–Kier alpha value is -2.44. The molecule has 6 heteroatoms. The van der Waals surface area contributed by atoms with Crippen molar-refractivity contribution in [3.8, 4) is 16.9 Å². The molecule has 2 rings (SSSR count). The maximum absolute atomic E-state index is 10.6. The van der Waals surface area contributed by atoms with E-state index in [2.05, 4.69) is 10.00 Å². The van der Waals surface area contributed by atoms with Gasteiger partial charge >= 0.3 is 0 Å². The zero-order valence-electron chi connectivity index (χ0n) is 14.8. The monoisotopic (exact) mass is 343 g/mol. The number of benzene rings is 1. The molecular formula is C19H25N3O3. The van der Waals surface area contributed by atoms with Gasteiger partial charge in [-0.05, 0) is 24.6 Å². The van der Waals surface area contributed by atoms with Crippen molar-refractivity contribution in [1.29, 1.82) is 0 Å². The fourth-order valence-electron chi connectivity index (χ4n) is 2.58.